The van der Waals surface area contributed by atoms with Crippen LogP contribution in [0.5, 0.6) is 0 Å². The Hall–Kier alpha value is -1.19. The molecule has 0 aliphatic heterocycles. The maximum absolute atomic E-state index is 12.6. The van der Waals surface area contributed by atoms with E-state index < -0.39 is 20.1 Å². The summed E-state index contributed by atoms with van der Waals surface area (Å²) in [5.74, 6) is 0. The van der Waals surface area contributed by atoms with E-state index in [0.717, 1.165) is 19.1 Å². The molecule has 0 amide bonds. The maximum Gasteiger partial charge on any atom is 0.264 e. The molecule has 0 bridgehead atoms. The van der Waals surface area contributed by atoms with Crippen LogP contribution in [0.25, 0.3) is 10.8 Å². The van der Waals surface area contributed by atoms with Gasteiger partial charge in [0.05, 0.1) is 17.8 Å². The van der Waals surface area contributed by atoms with Gasteiger partial charge in [-0.05, 0) is 25.0 Å². The van der Waals surface area contributed by atoms with Crippen LogP contribution in [0, 0.1) is 0 Å². The highest BCUT2D eigenvalue weighted by atomic mass is 35.5. The van der Waals surface area contributed by atoms with Gasteiger partial charge in [-0.25, -0.2) is 13.1 Å². The number of benzene rings is 2. The highest BCUT2D eigenvalue weighted by molar-refractivity contribution is 7.89. The summed E-state index contributed by atoms with van der Waals surface area (Å²) in [5.41, 5.74) is 0. The zero-order valence-electron chi connectivity index (χ0n) is 14.4. The number of nitrogens with one attached hydrogen (secondary N) is 1. The Morgan fingerprint density at radius 3 is 2.31 bits per heavy atom. The van der Waals surface area contributed by atoms with Gasteiger partial charge in [0, 0.05) is 22.3 Å². The first-order chi connectivity index (χ1) is 12.2. The topological polar surface area (TPSA) is 89.5 Å². The third-order valence-electron chi connectivity index (χ3n) is 3.78. The van der Waals surface area contributed by atoms with Crippen LogP contribution in [0.2, 0.25) is 5.02 Å². The summed E-state index contributed by atoms with van der Waals surface area (Å²) in [4.78, 5) is 0.207. The smallest absolute Gasteiger partial charge is 0.264 e. The van der Waals surface area contributed by atoms with E-state index in [1.165, 1.54) is 0 Å². The van der Waals surface area contributed by atoms with E-state index in [1.54, 1.807) is 36.4 Å². The van der Waals surface area contributed by atoms with Crippen molar-refractivity contribution in [2.75, 3.05) is 19.4 Å². The lowest BCUT2D eigenvalue weighted by Crippen LogP contribution is -2.25. The Labute approximate surface area is 159 Å². The van der Waals surface area contributed by atoms with E-state index in [-0.39, 0.29) is 11.5 Å². The fraction of sp³-hybridized carbons (Fsp3) is 0.412. The van der Waals surface area contributed by atoms with Crippen molar-refractivity contribution in [3.8, 4) is 0 Å². The zero-order valence-corrected chi connectivity index (χ0v) is 16.8. The SMILES string of the molecule is CS(=O)(=O)OCCCCCCNS(=O)(=O)c1cccc2c(Cl)cccc12. The second-order valence-electron chi connectivity index (χ2n) is 5.93. The summed E-state index contributed by atoms with van der Waals surface area (Å²) in [6.45, 7) is 0.466. The van der Waals surface area contributed by atoms with E-state index in [9.17, 15) is 16.8 Å². The Bertz CT molecular complexity index is 958. The van der Waals surface area contributed by atoms with Crippen LogP contribution in [0.1, 0.15) is 25.7 Å². The Balaban J connectivity index is 1.86. The summed E-state index contributed by atoms with van der Waals surface area (Å²) in [6.07, 6.45) is 3.83. The van der Waals surface area contributed by atoms with Crippen molar-refractivity contribution in [3.63, 3.8) is 0 Å². The molecule has 0 aliphatic carbocycles. The number of sulfonamides is 1. The first-order valence-corrected chi connectivity index (χ1v) is 11.9. The molecule has 0 aliphatic rings. The zero-order chi connectivity index (χ0) is 19.2. The molecule has 0 spiro atoms. The lowest BCUT2D eigenvalue weighted by atomic mass is 10.1. The van der Waals surface area contributed by atoms with E-state index in [4.69, 9.17) is 11.6 Å². The third-order valence-corrected chi connectivity index (χ3v) is 6.22. The molecular formula is C17H22ClNO5S2. The molecule has 9 heteroatoms. The summed E-state index contributed by atoms with van der Waals surface area (Å²) >= 11 is 6.13. The monoisotopic (exact) mass is 419 g/mol. The first kappa shape index (κ1) is 21.1. The van der Waals surface area contributed by atoms with Crippen LogP contribution in [0.4, 0.5) is 0 Å². The average molecular weight is 420 g/mol. The predicted octanol–water partition coefficient (Wildman–Crippen LogP) is 3.31. The second-order valence-corrected chi connectivity index (χ2v) is 9.72. The molecule has 0 unspecified atom stereocenters. The molecule has 6 nitrogen and oxygen atoms in total. The van der Waals surface area contributed by atoms with Crippen LogP contribution in [-0.2, 0) is 24.3 Å². The molecule has 144 valence electrons. The molecule has 2 rings (SSSR count). The van der Waals surface area contributed by atoms with E-state index >= 15 is 0 Å². The van der Waals surface area contributed by atoms with Crippen LogP contribution in [-0.4, -0.2) is 36.2 Å². The molecule has 0 atom stereocenters. The molecular weight excluding hydrogens is 398 g/mol. The molecule has 0 saturated carbocycles. The van der Waals surface area contributed by atoms with Crippen molar-refractivity contribution in [3.05, 3.63) is 41.4 Å². The predicted molar refractivity (Wildman–Crippen MR) is 103 cm³/mol. The van der Waals surface area contributed by atoms with Gasteiger partial charge in [-0.15, -0.1) is 0 Å². The Morgan fingerprint density at radius 1 is 0.923 bits per heavy atom. The van der Waals surface area contributed by atoms with Crippen LogP contribution in [0.15, 0.2) is 41.3 Å². The van der Waals surface area contributed by atoms with Crippen molar-refractivity contribution in [2.24, 2.45) is 0 Å². The van der Waals surface area contributed by atoms with E-state index in [2.05, 4.69) is 8.91 Å². The third kappa shape index (κ3) is 6.21. The summed E-state index contributed by atoms with van der Waals surface area (Å²) < 4.78 is 54.0. The normalized spacial score (nSPS) is 12.5. The molecule has 0 saturated heterocycles. The molecule has 2 aromatic carbocycles. The highest BCUT2D eigenvalue weighted by Crippen LogP contribution is 2.28. The number of unbranched alkanes of at least 4 members (excludes halogenated alkanes) is 3. The van der Waals surface area contributed by atoms with Gasteiger partial charge in [0.1, 0.15) is 0 Å². The summed E-state index contributed by atoms with van der Waals surface area (Å²) in [7, 11) is -7.03. The quantitative estimate of drug-likeness (QED) is 0.471. The van der Waals surface area contributed by atoms with Gasteiger partial charge in [0.15, 0.2) is 0 Å². The van der Waals surface area contributed by atoms with Gasteiger partial charge in [0.2, 0.25) is 10.0 Å². The van der Waals surface area contributed by atoms with Crippen molar-refractivity contribution in [2.45, 2.75) is 30.6 Å². The van der Waals surface area contributed by atoms with Crippen molar-refractivity contribution < 1.29 is 21.0 Å². The first-order valence-electron chi connectivity index (χ1n) is 8.22. The Kier molecular flexibility index (Phi) is 7.42. The molecule has 0 heterocycles. The minimum atomic E-state index is -3.63. The molecule has 1 N–H and O–H groups in total. The van der Waals surface area contributed by atoms with Gasteiger partial charge in [-0.3, -0.25) is 4.18 Å². The molecule has 0 aromatic heterocycles. The van der Waals surface area contributed by atoms with Gasteiger partial charge in [0.25, 0.3) is 10.1 Å². The van der Waals surface area contributed by atoms with Crippen LogP contribution in [0.3, 0.4) is 0 Å². The number of hydrogen-bond donors (Lipinski definition) is 1. The van der Waals surface area contributed by atoms with Crippen molar-refractivity contribution >= 4 is 42.5 Å². The van der Waals surface area contributed by atoms with Gasteiger partial charge in [-0.1, -0.05) is 48.7 Å². The largest absolute Gasteiger partial charge is 0.270 e. The summed E-state index contributed by atoms with van der Waals surface area (Å²) in [6, 6.07) is 10.2. The maximum atomic E-state index is 12.6. The van der Waals surface area contributed by atoms with Crippen LogP contribution < -0.4 is 4.72 Å². The molecule has 2 aromatic rings. The second kappa shape index (κ2) is 9.14. The number of halogens is 1. The lowest BCUT2D eigenvalue weighted by Gasteiger charge is -2.10. The van der Waals surface area contributed by atoms with E-state index in [0.29, 0.717) is 35.2 Å². The number of fused-ring (bicyclic) bond motifs is 1. The molecule has 0 radical (unpaired) electrons. The molecule has 0 fully saturated rings. The van der Waals surface area contributed by atoms with Gasteiger partial charge in [-0.2, -0.15) is 8.42 Å². The number of rotatable bonds is 10. The molecule has 26 heavy (non-hydrogen) atoms. The summed E-state index contributed by atoms with van der Waals surface area (Å²) in [5, 5.41) is 1.80. The van der Waals surface area contributed by atoms with Gasteiger partial charge < -0.3 is 0 Å². The fourth-order valence-corrected chi connectivity index (χ4v) is 4.50. The van der Waals surface area contributed by atoms with Gasteiger partial charge >= 0.3 is 0 Å². The lowest BCUT2D eigenvalue weighted by molar-refractivity contribution is 0.310. The van der Waals surface area contributed by atoms with E-state index in [1.807, 2.05) is 0 Å². The van der Waals surface area contributed by atoms with Crippen molar-refractivity contribution in [1.29, 1.82) is 0 Å². The minimum Gasteiger partial charge on any atom is -0.270 e. The van der Waals surface area contributed by atoms with Crippen molar-refractivity contribution in [1.82, 2.24) is 4.72 Å². The minimum absolute atomic E-state index is 0.154. The number of hydrogen-bond acceptors (Lipinski definition) is 5. The standard InChI is InChI=1S/C17H22ClNO5S2/c1-25(20,21)24-13-5-3-2-4-12-19-26(22,23)17-11-7-8-14-15(17)9-6-10-16(14)18/h6-11,19H,2-5,12-13H2,1H3. The Morgan fingerprint density at radius 2 is 1.58 bits per heavy atom. The fourth-order valence-electron chi connectivity index (χ4n) is 2.55. The highest BCUT2D eigenvalue weighted by Gasteiger charge is 2.17. The average Bonchev–Trinajstić information content (AvgIpc) is 2.56. The van der Waals surface area contributed by atoms with Crippen LogP contribution >= 0.6 is 11.6 Å².